The third-order valence-corrected chi connectivity index (χ3v) is 5.19. The summed E-state index contributed by atoms with van der Waals surface area (Å²) in [4.78, 5) is 0. The molecule has 0 saturated heterocycles. The predicted octanol–water partition coefficient (Wildman–Crippen LogP) is 4.67. The van der Waals surface area contributed by atoms with E-state index in [2.05, 4.69) is 39.4 Å². The Balaban J connectivity index is 1.62. The van der Waals surface area contributed by atoms with Crippen LogP contribution < -0.4 is 5.32 Å². The van der Waals surface area contributed by atoms with Crippen LogP contribution in [0.2, 0.25) is 5.02 Å². The molecule has 122 valence electrons. The maximum atomic E-state index is 10.4. The van der Waals surface area contributed by atoms with Crippen LogP contribution in [0, 0.1) is 0 Å². The van der Waals surface area contributed by atoms with Crippen LogP contribution in [0.1, 0.15) is 35.6 Å². The van der Waals surface area contributed by atoms with Gasteiger partial charge in [0.15, 0.2) is 0 Å². The van der Waals surface area contributed by atoms with Crippen molar-refractivity contribution >= 4 is 27.5 Å². The number of halogens is 2. The Morgan fingerprint density at radius 2 is 2.09 bits per heavy atom. The van der Waals surface area contributed by atoms with E-state index in [4.69, 9.17) is 11.6 Å². The summed E-state index contributed by atoms with van der Waals surface area (Å²) in [6, 6.07) is 14.4. The fourth-order valence-electron chi connectivity index (χ4n) is 3.22. The van der Waals surface area contributed by atoms with Gasteiger partial charge in [-0.1, -0.05) is 45.7 Å². The van der Waals surface area contributed by atoms with Crippen LogP contribution in [0.25, 0.3) is 0 Å². The van der Waals surface area contributed by atoms with Crippen molar-refractivity contribution in [3.8, 4) is 0 Å². The molecule has 23 heavy (non-hydrogen) atoms. The number of fused-ring (bicyclic) bond motifs is 1. The van der Waals surface area contributed by atoms with Crippen molar-refractivity contribution in [1.82, 2.24) is 5.32 Å². The van der Waals surface area contributed by atoms with Gasteiger partial charge < -0.3 is 10.4 Å². The highest BCUT2D eigenvalue weighted by Gasteiger charge is 2.18. The topological polar surface area (TPSA) is 32.3 Å². The molecule has 0 bridgehead atoms. The van der Waals surface area contributed by atoms with E-state index in [1.54, 1.807) is 0 Å². The van der Waals surface area contributed by atoms with E-state index in [9.17, 15) is 5.11 Å². The minimum absolute atomic E-state index is 0.402. The maximum absolute atomic E-state index is 10.4. The highest BCUT2D eigenvalue weighted by Crippen LogP contribution is 2.25. The first-order valence-electron chi connectivity index (χ1n) is 8.06. The Hall–Kier alpha value is -0.870. The number of hydrogen-bond donors (Lipinski definition) is 2. The normalized spacial score (nSPS) is 19.0. The smallest absolute Gasteiger partial charge is 0.0914 e. The third-order valence-electron chi connectivity index (χ3n) is 4.47. The summed E-state index contributed by atoms with van der Waals surface area (Å²) in [6.45, 7) is 0.550. The van der Waals surface area contributed by atoms with Gasteiger partial charge in [-0.15, -0.1) is 0 Å². The van der Waals surface area contributed by atoms with Gasteiger partial charge in [-0.2, -0.15) is 0 Å². The Bertz CT molecular complexity index is 676. The summed E-state index contributed by atoms with van der Waals surface area (Å²) in [5.41, 5.74) is 3.72. The fourth-order valence-corrected chi connectivity index (χ4v) is 3.83. The van der Waals surface area contributed by atoms with Crippen LogP contribution >= 0.6 is 27.5 Å². The molecule has 4 heteroatoms. The molecular weight excluding hydrogens is 374 g/mol. The van der Waals surface area contributed by atoms with Crippen LogP contribution in [0.5, 0.6) is 0 Å². The van der Waals surface area contributed by atoms with Gasteiger partial charge in [0.2, 0.25) is 0 Å². The molecule has 1 aliphatic rings. The number of aliphatic hydroxyl groups is 1. The number of aryl methyl sites for hydroxylation is 1. The first-order chi connectivity index (χ1) is 11.1. The lowest BCUT2D eigenvalue weighted by Gasteiger charge is -2.20. The van der Waals surface area contributed by atoms with E-state index in [0.717, 1.165) is 29.3 Å². The standard InChI is InChI=1S/C19H21BrClNO/c20-16-8-7-13-3-2-6-18(11-15(13)9-16)22-12-19(23)14-4-1-5-17(21)10-14/h1,4-5,7-10,18-19,22-23H,2-3,6,11-12H2. The monoisotopic (exact) mass is 393 g/mol. The van der Waals surface area contributed by atoms with Crippen molar-refractivity contribution in [3.63, 3.8) is 0 Å². The highest BCUT2D eigenvalue weighted by atomic mass is 79.9. The molecule has 2 nitrogen and oxygen atoms in total. The summed E-state index contributed by atoms with van der Waals surface area (Å²) in [6.07, 6.45) is 3.93. The molecule has 2 atom stereocenters. The molecule has 1 aliphatic carbocycles. The quantitative estimate of drug-likeness (QED) is 0.738. The number of nitrogens with one attached hydrogen (secondary N) is 1. The molecule has 0 aliphatic heterocycles. The Kier molecular flexibility index (Phi) is 5.76. The van der Waals surface area contributed by atoms with E-state index in [1.807, 2.05) is 24.3 Å². The van der Waals surface area contributed by atoms with Gasteiger partial charge in [0.25, 0.3) is 0 Å². The van der Waals surface area contributed by atoms with Crippen LogP contribution in [-0.2, 0) is 12.8 Å². The lowest BCUT2D eigenvalue weighted by molar-refractivity contribution is 0.169. The SMILES string of the molecule is OC(CNC1CCCc2ccc(Br)cc2C1)c1cccc(Cl)c1. The molecule has 3 rings (SSSR count). The van der Waals surface area contributed by atoms with Crippen LogP contribution in [0.4, 0.5) is 0 Å². The Labute approximate surface area is 151 Å². The third kappa shape index (κ3) is 4.57. The molecule has 0 amide bonds. The lowest BCUT2D eigenvalue weighted by atomic mass is 10.0. The molecule has 2 aromatic carbocycles. The van der Waals surface area contributed by atoms with Crippen molar-refractivity contribution in [1.29, 1.82) is 0 Å². The largest absolute Gasteiger partial charge is 0.387 e. The van der Waals surface area contributed by atoms with E-state index >= 15 is 0 Å². The van der Waals surface area contributed by atoms with Crippen molar-refractivity contribution in [2.75, 3.05) is 6.54 Å². The van der Waals surface area contributed by atoms with E-state index in [1.165, 1.54) is 17.5 Å². The molecule has 0 saturated carbocycles. The maximum Gasteiger partial charge on any atom is 0.0914 e. The predicted molar refractivity (Wildman–Crippen MR) is 99.0 cm³/mol. The number of rotatable bonds is 4. The zero-order valence-corrected chi connectivity index (χ0v) is 15.3. The van der Waals surface area contributed by atoms with Crippen LogP contribution in [0.3, 0.4) is 0 Å². The van der Waals surface area contributed by atoms with E-state index in [-0.39, 0.29) is 0 Å². The van der Waals surface area contributed by atoms with Crippen molar-refractivity contribution < 1.29 is 5.11 Å². The average Bonchev–Trinajstić information content (AvgIpc) is 2.74. The molecule has 2 unspecified atom stereocenters. The van der Waals surface area contributed by atoms with Gasteiger partial charge >= 0.3 is 0 Å². The summed E-state index contributed by atoms with van der Waals surface area (Å²) < 4.78 is 1.14. The zero-order valence-electron chi connectivity index (χ0n) is 12.9. The molecule has 2 aromatic rings. The fraction of sp³-hybridized carbons (Fsp3) is 0.368. The molecule has 0 radical (unpaired) electrons. The Morgan fingerprint density at radius 1 is 1.22 bits per heavy atom. The first-order valence-corrected chi connectivity index (χ1v) is 9.23. The van der Waals surface area contributed by atoms with Gasteiger partial charge in [-0.25, -0.2) is 0 Å². The van der Waals surface area contributed by atoms with Gasteiger partial charge in [0.05, 0.1) is 6.10 Å². The van der Waals surface area contributed by atoms with Crippen molar-refractivity contribution in [3.05, 3.63) is 68.7 Å². The van der Waals surface area contributed by atoms with E-state index in [0.29, 0.717) is 17.6 Å². The van der Waals surface area contributed by atoms with Gasteiger partial charge in [-0.05, 0) is 66.6 Å². The summed E-state index contributed by atoms with van der Waals surface area (Å²) in [5.74, 6) is 0. The molecule has 2 N–H and O–H groups in total. The zero-order chi connectivity index (χ0) is 16.2. The van der Waals surface area contributed by atoms with Crippen molar-refractivity contribution in [2.45, 2.75) is 37.8 Å². The second kappa shape index (κ2) is 7.80. The molecule has 0 heterocycles. The van der Waals surface area contributed by atoms with Crippen LogP contribution in [0.15, 0.2) is 46.9 Å². The number of hydrogen-bond acceptors (Lipinski definition) is 2. The molecule has 0 aromatic heterocycles. The number of benzene rings is 2. The first kappa shape index (κ1) is 17.0. The minimum Gasteiger partial charge on any atom is -0.387 e. The van der Waals surface area contributed by atoms with Gasteiger partial charge in [0.1, 0.15) is 0 Å². The molecule has 0 spiro atoms. The number of aliphatic hydroxyl groups excluding tert-OH is 1. The van der Waals surface area contributed by atoms with E-state index < -0.39 is 6.10 Å². The van der Waals surface area contributed by atoms with Gasteiger partial charge in [0, 0.05) is 22.1 Å². The van der Waals surface area contributed by atoms with Gasteiger partial charge in [-0.3, -0.25) is 0 Å². The summed E-state index contributed by atoms with van der Waals surface area (Å²) in [5, 5.41) is 14.5. The molecular formula is C19H21BrClNO. The molecule has 0 fully saturated rings. The second-order valence-electron chi connectivity index (χ2n) is 6.19. The highest BCUT2D eigenvalue weighted by molar-refractivity contribution is 9.10. The second-order valence-corrected chi connectivity index (χ2v) is 7.54. The minimum atomic E-state index is -0.529. The summed E-state index contributed by atoms with van der Waals surface area (Å²) in [7, 11) is 0. The van der Waals surface area contributed by atoms with Crippen molar-refractivity contribution in [2.24, 2.45) is 0 Å². The Morgan fingerprint density at radius 3 is 2.91 bits per heavy atom. The van der Waals surface area contributed by atoms with Crippen LogP contribution in [-0.4, -0.2) is 17.7 Å². The lowest BCUT2D eigenvalue weighted by Crippen LogP contribution is -2.34. The average molecular weight is 395 g/mol. The summed E-state index contributed by atoms with van der Waals surface area (Å²) >= 11 is 9.56.